The van der Waals surface area contributed by atoms with Crippen molar-refractivity contribution in [3.8, 4) is 11.5 Å². The summed E-state index contributed by atoms with van der Waals surface area (Å²) in [4.78, 5) is 2.34. The zero-order chi connectivity index (χ0) is 18.3. The maximum Gasteiger partial charge on any atom is 0.160 e. The molecule has 26 heavy (non-hydrogen) atoms. The van der Waals surface area contributed by atoms with Crippen LogP contribution in [0.15, 0.2) is 36.4 Å². The van der Waals surface area contributed by atoms with Gasteiger partial charge in [-0.05, 0) is 54.2 Å². The molecule has 1 aliphatic heterocycles. The van der Waals surface area contributed by atoms with Gasteiger partial charge in [-0.1, -0.05) is 29.8 Å². The van der Waals surface area contributed by atoms with Gasteiger partial charge in [-0.2, -0.15) is 0 Å². The number of hydrogen-bond acceptors (Lipinski definition) is 4. The Morgan fingerprint density at radius 2 is 2.04 bits per heavy atom. The highest BCUT2D eigenvalue weighted by molar-refractivity contribution is 6.31. The van der Waals surface area contributed by atoms with Crippen LogP contribution in [0.4, 0.5) is 0 Å². The zero-order valence-corrected chi connectivity index (χ0v) is 15.7. The quantitative estimate of drug-likeness (QED) is 0.839. The molecule has 5 heteroatoms. The molecule has 0 spiro atoms. The van der Waals surface area contributed by atoms with Crippen LogP contribution < -0.4 is 4.74 Å². The number of hydrogen-bond donors (Lipinski definition) is 2. The van der Waals surface area contributed by atoms with Gasteiger partial charge in [-0.25, -0.2) is 0 Å². The van der Waals surface area contributed by atoms with Crippen molar-refractivity contribution < 1.29 is 14.9 Å². The van der Waals surface area contributed by atoms with Gasteiger partial charge in [-0.15, -0.1) is 0 Å². The summed E-state index contributed by atoms with van der Waals surface area (Å²) in [5.41, 5.74) is 3.43. The first-order valence-corrected chi connectivity index (χ1v) is 9.48. The number of rotatable bonds is 5. The summed E-state index contributed by atoms with van der Waals surface area (Å²) < 4.78 is 5.30. The molecule has 1 fully saturated rings. The van der Waals surface area contributed by atoms with E-state index in [0.29, 0.717) is 12.3 Å². The van der Waals surface area contributed by atoms with Gasteiger partial charge in [-0.3, -0.25) is 4.90 Å². The molecular formula is C21H24ClNO3. The summed E-state index contributed by atoms with van der Waals surface area (Å²) in [5.74, 6) is 0.678. The standard InChI is InChI=1S/C21H24ClNO3/c1-26-19-12-14-6-9-23(10-11-24)20(15(14)13-18(19)25)21(7-8-21)16-4-2-3-5-17(16)22/h2-5,12-13,20,24-25H,6-11H2,1H3. The summed E-state index contributed by atoms with van der Waals surface area (Å²) in [6.45, 7) is 1.61. The number of phenolic OH excluding ortho intramolecular Hbond substituents is 1. The Morgan fingerprint density at radius 3 is 2.69 bits per heavy atom. The fourth-order valence-electron chi connectivity index (χ4n) is 4.56. The van der Waals surface area contributed by atoms with Crippen molar-refractivity contribution in [3.63, 3.8) is 0 Å². The Balaban J connectivity index is 1.85. The molecular weight excluding hydrogens is 350 g/mol. The van der Waals surface area contributed by atoms with Gasteiger partial charge in [0.05, 0.1) is 13.7 Å². The van der Waals surface area contributed by atoms with Crippen LogP contribution >= 0.6 is 11.6 Å². The number of fused-ring (bicyclic) bond motifs is 1. The molecule has 4 rings (SSSR count). The lowest BCUT2D eigenvalue weighted by atomic mass is 9.78. The highest BCUT2D eigenvalue weighted by Gasteiger charge is 2.55. The largest absolute Gasteiger partial charge is 0.504 e. The van der Waals surface area contributed by atoms with Crippen LogP contribution in [-0.4, -0.2) is 41.9 Å². The van der Waals surface area contributed by atoms with E-state index in [1.807, 2.05) is 30.3 Å². The SMILES string of the molecule is COc1cc2c(cc1O)C(C1(c3ccccc3Cl)CC1)N(CCO)CC2. The number of ether oxygens (including phenoxy) is 1. The van der Waals surface area contributed by atoms with Gasteiger partial charge in [0.1, 0.15) is 0 Å². The topological polar surface area (TPSA) is 52.9 Å². The second kappa shape index (κ2) is 6.76. The molecule has 1 unspecified atom stereocenters. The number of aliphatic hydroxyl groups is 1. The molecule has 2 N–H and O–H groups in total. The number of halogens is 1. The first kappa shape index (κ1) is 17.7. The van der Waals surface area contributed by atoms with E-state index in [1.54, 1.807) is 7.11 Å². The molecule has 1 aliphatic carbocycles. The molecule has 2 aromatic carbocycles. The average molecular weight is 374 g/mol. The van der Waals surface area contributed by atoms with Crippen molar-refractivity contribution in [3.05, 3.63) is 58.1 Å². The van der Waals surface area contributed by atoms with Gasteiger partial charge < -0.3 is 14.9 Å². The van der Waals surface area contributed by atoms with Gasteiger partial charge in [0.25, 0.3) is 0 Å². The van der Waals surface area contributed by atoms with Crippen LogP contribution in [-0.2, 0) is 11.8 Å². The summed E-state index contributed by atoms with van der Waals surface area (Å²) in [7, 11) is 1.58. The molecule has 0 bridgehead atoms. The van der Waals surface area contributed by atoms with Crippen molar-refractivity contribution in [1.82, 2.24) is 4.90 Å². The van der Waals surface area contributed by atoms with Gasteiger partial charge in [0, 0.05) is 29.6 Å². The lowest BCUT2D eigenvalue weighted by Crippen LogP contribution is -2.43. The maximum atomic E-state index is 10.4. The summed E-state index contributed by atoms with van der Waals surface area (Å²) in [5, 5.41) is 20.8. The van der Waals surface area contributed by atoms with Crippen molar-refractivity contribution in [2.75, 3.05) is 26.8 Å². The Morgan fingerprint density at radius 1 is 1.27 bits per heavy atom. The lowest BCUT2D eigenvalue weighted by Gasteiger charge is -2.42. The normalized spacial score (nSPS) is 21.3. The van der Waals surface area contributed by atoms with E-state index in [9.17, 15) is 10.2 Å². The Kier molecular flexibility index (Phi) is 4.59. The minimum atomic E-state index is -0.0658. The van der Waals surface area contributed by atoms with E-state index in [-0.39, 0.29) is 23.8 Å². The van der Waals surface area contributed by atoms with E-state index in [4.69, 9.17) is 16.3 Å². The van der Waals surface area contributed by atoms with Crippen molar-refractivity contribution in [1.29, 1.82) is 0 Å². The van der Waals surface area contributed by atoms with E-state index in [0.717, 1.165) is 42.0 Å². The number of aromatic hydroxyl groups is 1. The lowest BCUT2D eigenvalue weighted by molar-refractivity contribution is 0.117. The number of aliphatic hydroxyl groups excluding tert-OH is 1. The van der Waals surface area contributed by atoms with Crippen LogP contribution in [0, 0.1) is 0 Å². The van der Waals surface area contributed by atoms with Gasteiger partial charge in [0.15, 0.2) is 11.5 Å². The van der Waals surface area contributed by atoms with Crippen molar-refractivity contribution in [2.24, 2.45) is 0 Å². The van der Waals surface area contributed by atoms with Gasteiger partial charge >= 0.3 is 0 Å². The molecule has 0 radical (unpaired) electrons. The molecule has 1 saturated carbocycles. The number of methoxy groups -OCH3 is 1. The second-order valence-corrected chi connectivity index (χ2v) is 7.68. The summed E-state index contributed by atoms with van der Waals surface area (Å²) in [6, 6.07) is 11.9. The van der Waals surface area contributed by atoms with E-state index < -0.39 is 0 Å². The molecule has 0 amide bonds. The fraction of sp³-hybridized carbons (Fsp3) is 0.429. The Hall–Kier alpha value is -1.75. The van der Waals surface area contributed by atoms with Crippen LogP contribution in [0.5, 0.6) is 11.5 Å². The summed E-state index contributed by atoms with van der Waals surface area (Å²) in [6.07, 6.45) is 2.98. The summed E-state index contributed by atoms with van der Waals surface area (Å²) >= 11 is 6.56. The minimum Gasteiger partial charge on any atom is -0.504 e. The second-order valence-electron chi connectivity index (χ2n) is 7.27. The molecule has 138 valence electrons. The van der Waals surface area contributed by atoms with Gasteiger partial charge in [0.2, 0.25) is 0 Å². The highest BCUT2D eigenvalue weighted by atomic mass is 35.5. The monoisotopic (exact) mass is 373 g/mol. The van der Waals surface area contributed by atoms with Crippen LogP contribution in [0.1, 0.15) is 35.6 Å². The third kappa shape index (κ3) is 2.77. The molecule has 0 saturated heterocycles. The molecule has 4 nitrogen and oxygen atoms in total. The van der Waals surface area contributed by atoms with Crippen LogP contribution in [0.3, 0.4) is 0 Å². The predicted octanol–water partition coefficient (Wildman–Crippen LogP) is 3.68. The number of phenols is 1. The number of β-amino-alcohol motifs (C(OH)–C–C–N with tert-alkyl or cyclic N) is 1. The average Bonchev–Trinajstić information content (AvgIpc) is 3.43. The molecule has 1 atom stereocenters. The zero-order valence-electron chi connectivity index (χ0n) is 14.9. The maximum absolute atomic E-state index is 10.4. The van der Waals surface area contributed by atoms with Crippen molar-refractivity contribution >= 4 is 11.6 Å². The third-order valence-corrected chi connectivity index (χ3v) is 6.21. The fourth-order valence-corrected chi connectivity index (χ4v) is 4.88. The Bertz CT molecular complexity index is 819. The highest BCUT2D eigenvalue weighted by Crippen LogP contribution is 2.61. The third-order valence-electron chi connectivity index (χ3n) is 5.88. The van der Waals surface area contributed by atoms with Crippen LogP contribution in [0.2, 0.25) is 5.02 Å². The first-order valence-electron chi connectivity index (χ1n) is 9.10. The van der Waals surface area contributed by atoms with Crippen LogP contribution in [0.25, 0.3) is 0 Å². The number of nitrogens with zero attached hydrogens (tertiary/aromatic N) is 1. The molecule has 2 aromatic rings. The molecule has 0 aromatic heterocycles. The van der Waals surface area contributed by atoms with E-state index in [2.05, 4.69) is 11.0 Å². The molecule has 1 heterocycles. The smallest absolute Gasteiger partial charge is 0.160 e. The van der Waals surface area contributed by atoms with E-state index in [1.165, 1.54) is 5.56 Å². The minimum absolute atomic E-state index is 0.0658. The molecule has 2 aliphatic rings. The number of benzene rings is 2. The Labute approximate surface area is 159 Å². The first-order chi connectivity index (χ1) is 12.6. The predicted molar refractivity (Wildman–Crippen MR) is 102 cm³/mol. The van der Waals surface area contributed by atoms with E-state index >= 15 is 0 Å². The van der Waals surface area contributed by atoms with Crippen molar-refractivity contribution in [2.45, 2.75) is 30.7 Å².